The Hall–Kier alpha value is -1.28. The van der Waals surface area contributed by atoms with Crippen molar-refractivity contribution in [2.45, 2.75) is 24.9 Å². The van der Waals surface area contributed by atoms with Crippen LogP contribution in [0.3, 0.4) is 0 Å². The lowest BCUT2D eigenvalue weighted by Gasteiger charge is -2.16. The molecule has 2 unspecified atom stereocenters. The monoisotopic (exact) mass is 363 g/mol. The van der Waals surface area contributed by atoms with Crippen LogP contribution in [0.15, 0.2) is 22.7 Å². The van der Waals surface area contributed by atoms with Crippen molar-refractivity contribution in [3.63, 3.8) is 0 Å². The number of carbonyl (C=O) groups is 1. The van der Waals surface area contributed by atoms with Gasteiger partial charge in [-0.1, -0.05) is 26.0 Å². The van der Waals surface area contributed by atoms with Gasteiger partial charge < -0.3 is 5.11 Å². The lowest BCUT2D eigenvalue weighted by molar-refractivity contribution is -0.385. The summed E-state index contributed by atoms with van der Waals surface area (Å²) < 4.78 is 12.4. The summed E-state index contributed by atoms with van der Waals surface area (Å²) in [5, 5.41) is 18.9. The number of hydrogen-bond acceptors (Lipinski definition) is 4. The van der Waals surface area contributed by atoms with E-state index in [9.17, 15) is 19.1 Å². The largest absolute Gasteiger partial charge is 0.480 e. The van der Waals surface area contributed by atoms with Gasteiger partial charge in [-0.2, -0.15) is 0 Å². The van der Waals surface area contributed by atoms with Gasteiger partial charge in [0.05, 0.1) is 15.1 Å². The number of carboxylic acid groups (broad SMARTS) is 1. The number of halogens is 1. The summed E-state index contributed by atoms with van der Waals surface area (Å²) in [5.74, 6) is -1.46. The Labute approximate surface area is 126 Å². The van der Waals surface area contributed by atoms with Crippen molar-refractivity contribution in [3.05, 3.63) is 38.3 Å². The average Bonchev–Trinajstić information content (AvgIpc) is 2.30. The highest BCUT2D eigenvalue weighted by Gasteiger charge is 2.29. The van der Waals surface area contributed by atoms with E-state index in [1.165, 1.54) is 12.1 Å². The Morgan fingerprint density at radius 3 is 2.55 bits per heavy atom. The van der Waals surface area contributed by atoms with Crippen LogP contribution in [0.2, 0.25) is 0 Å². The molecule has 1 aromatic rings. The fourth-order valence-electron chi connectivity index (χ4n) is 1.76. The third kappa shape index (κ3) is 3.86. The maximum absolute atomic E-state index is 12.2. The topological polar surface area (TPSA) is 97.5 Å². The van der Waals surface area contributed by atoms with Crippen LogP contribution in [-0.2, 0) is 21.3 Å². The van der Waals surface area contributed by atoms with Gasteiger partial charge in [-0.15, -0.1) is 0 Å². The Kier molecular flexibility index (Phi) is 5.82. The molecule has 0 bridgehead atoms. The second-order valence-corrected chi connectivity index (χ2v) is 6.89. The molecular weight excluding hydrogens is 350 g/mol. The van der Waals surface area contributed by atoms with Crippen LogP contribution in [0.25, 0.3) is 0 Å². The second-order valence-electron chi connectivity index (χ2n) is 4.54. The lowest BCUT2D eigenvalue weighted by atomic mass is 10.1. The van der Waals surface area contributed by atoms with Crippen molar-refractivity contribution in [2.24, 2.45) is 5.92 Å². The summed E-state index contributed by atoms with van der Waals surface area (Å²) in [5.41, 5.74) is 0.334. The van der Waals surface area contributed by atoms with Crippen LogP contribution < -0.4 is 0 Å². The summed E-state index contributed by atoms with van der Waals surface area (Å²) in [7, 11) is -1.65. The molecule has 20 heavy (non-hydrogen) atoms. The van der Waals surface area contributed by atoms with Crippen LogP contribution in [0.4, 0.5) is 5.69 Å². The number of nitrogens with zero attached hydrogens (tertiary/aromatic N) is 1. The normalized spacial score (nSPS) is 14.0. The molecule has 0 saturated heterocycles. The molecule has 8 heteroatoms. The smallest absolute Gasteiger partial charge is 0.319 e. The van der Waals surface area contributed by atoms with E-state index in [-0.39, 0.29) is 21.8 Å². The number of rotatable bonds is 6. The number of aliphatic carboxylic acids is 1. The fourth-order valence-corrected chi connectivity index (χ4v) is 4.06. The van der Waals surface area contributed by atoms with E-state index in [1.54, 1.807) is 19.9 Å². The maximum Gasteiger partial charge on any atom is 0.319 e. The van der Waals surface area contributed by atoms with Gasteiger partial charge in [0.15, 0.2) is 0 Å². The Balaban J connectivity index is 3.05. The zero-order valence-electron chi connectivity index (χ0n) is 10.9. The molecule has 6 nitrogen and oxygen atoms in total. The first-order chi connectivity index (χ1) is 9.25. The van der Waals surface area contributed by atoms with Crippen LogP contribution in [0.1, 0.15) is 19.4 Å². The van der Waals surface area contributed by atoms with Crippen molar-refractivity contribution in [1.82, 2.24) is 0 Å². The minimum absolute atomic E-state index is 0.0442. The molecule has 0 heterocycles. The van der Waals surface area contributed by atoms with E-state index < -0.39 is 26.9 Å². The van der Waals surface area contributed by atoms with E-state index >= 15 is 0 Å². The van der Waals surface area contributed by atoms with Crippen LogP contribution in [0.5, 0.6) is 0 Å². The third-order valence-corrected chi connectivity index (χ3v) is 5.51. The predicted octanol–water partition coefficient (Wildman–Crippen LogP) is 2.72. The zero-order chi connectivity index (χ0) is 15.4. The minimum atomic E-state index is -1.65. The molecule has 0 fully saturated rings. The van der Waals surface area contributed by atoms with Crippen LogP contribution in [0, 0.1) is 16.0 Å². The molecule has 1 rings (SSSR count). The van der Waals surface area contributed by atoms with Gasteiger partial charge in [0.25, 0.3) is 5.69 Å². The van der Waals surface area contributed by atoms with E-state index in [0.29, 0.717) is 5.56 Å². The first kappa shape index (κ1) is 16.8. The molecule has 2 atom stereocenters. The number of nitro groups is 1. The molecule has 0 aliphatic rings. The molecule has 0 aliphatic carbocycles. The molecule has 0 aliphatic heterocycles. The van der Waals surface area contributed by atoms with Gasteiger partial charge in [0, 0.05) is 16.9 Å². The highest BCUT2D eigenvalue weighted by atomic mass is 79.9. The predicted molar refractivity (Wildman–Crippen MR) is 78.9 cm³/mol. The van der Waals surface area contributed by atoms with Crippen LogP contribution >= 0.6 is 15.9 Å². The summed E-state index contributed by atoms with van der Waals surface area (Å²) in [6.07, 6.45) is 0. The summed E-state index contributed by atoms with van der Waals surface area (Å²) in [4.78, 5) is 21.4. The zero-order valence-corrected chi connectivity index (χ0v) is 13.3. The Morgan fingerprint density at radius 1 is 1.50 bits per heavy atom. The molecule has 110 valence electrons. The van der Waals surface area contributed by atoms with Crippen LogP contribution in [-0.4, -0.2) is 25.5 Å². The quantitative estimate of drug-likeness (QED) is 0.618. The molecule has 0 spiro atoms. The SMILES string of the molecule is CC(C)C(C(=O)O)S(=O)Cc1cccc([N+](=O)[O-])c1Br. The summed E-state index contributed by atoms with van der Waals surface area (Å²) in [6.45, 7) is 3.36. The van der Waals surface area contributed by atoms with E-state index in [1.807, 2.05) is 0 Å². The number of benzene rings is 1. The third-order valence-electron chi connectivity index (χ3n) is 2.68. The van der Waals surface area contributed by atoms with E-state index in [4.69, 9.17) is 5.11 Å². The standard InChI is InChI=1S/C12H14BrNO5S/c1-7(2)11(12(15)16)20(19)6-8-4-3-5-9(10(8)13)14(17)18/h3-5,7,11H,6H2,1-2H3,(H,15,16). The Morgan fingerprint density at radius 2 is 2.10 bits per heavy atom. The summed E-state index contributed by atoms with van der Waals surface area (Å²) >= 11 is 3.11. The number of hydrogen-bond donors (Lipinski definition) is 1. The maximum atomic E-state index is 12.2. The minimum Gasteiger partial charge on any atom is -0.480 e. The van der Waals surface area contributed by atoms with Gasteiger partial charge in [-0.3, -0.25) is 19.1 Å². The number of carboxylic acids is 1. The molecule has 0 saturated carbocycles. The highest BCUT2D eigenvalue weighted by molar-refractivity contribution is 9.10. The molecule has 1 N–H and O–H groups in total. The van der Waals surface area contributed by atoms with Gasteiger partial charge in [-0.05, 0) is 27.4 Å². The molecule has 1 aromatic carbocycles. The second kappa shape index (κ2) is 6.94. The van der Waals surface area contributed by atoms with Crippen molar-refractivity contribution < 1.29 is 19.0 Å². The van der Waals surface area contributed by atoms with Gasteiger partial charge in [0.2, 0.25) is 0 Å². The molecule has 0 amide bonds. The van der Waals surface area contributed by atoms with Crippen molar-refractivity contribution in [2.75, 3.05) is 0 Å². The van der Waals surface area contributed by atoms with Gasteiger partial charge in [-0.25, -0.2) is 0 Å². The lowest BCUT2D eigenvalue weighted by Crippen LogP contribution is -2.31. The molecule has 0 aromatic heterocycles. The number of nitro benzene ring substituents is 1. The summed E-state index contributed by atoms with van der Waals surface area (Å²) in [6, 6.07) is 4.41. The van der Waals surface area contributed by atoms with E-state index in [0.717, 1.165) is 0 Å². The highest BCUT2D eigenvalue weighted by Crippen LogP contribution is 2.29. The van der Waals surface area contributed by atoms with Gasteiger partial charge >= 0.3 is 5.97 Å². The van der Waals surface area contributed by atoms with Crippen molar-refractivity contribution in [3.8, 4) is 0 Å². The van der Waals surface area contributed by atoms with Crippen molar-refractivity contribution in [1.29, 1.82) is 0 Å². The molecule has 0 radical (unpaired) electrons. The first-order valence-corrected chi connectivity index (χ1v) is 7.95. The fraction of sp³-hybridized carbons (Fsp3) is 0.417. The average molecular weight is 364 g/mol. The molecular formula is C12H14BrNO5S. The van der Waals surface area contributed by atoms with Gasteiger partial charge in [0.1, 0.15) is 5.25 Å². The Bertz CT molecular complexity index is 561. The van der Waals surface area contributed by atoms with E-state index in [2.05, 4.69) is 15.9 Å². The van der Waals surface area contributed by atoms with Crippen molar-refractivity contribution >= 4 is 38.4 Å². The first-order valence-electron chi connectivity index (χ1n) is 5.77.